The third-order valence-corrected chi connectivity index (χ3v) is 3.08. The van der Waals surface area contributed by atoms with E-state index >= 15 is 0 Å². The minimum Gasteiger partial charge on any atom is -0.350 e. The predicted octanol–water partition coefficient (Wildman–Crippen LogP) is 1.94. The van der Waals surface area contributed by atoms with Gasteiger partial charge in [-0.2, -0.15) is 0 Å². The van der Waals surface area contributed by atoms with E-state index in [2.05, 4.69) is 16.0 Å². The van der Waals surface area contributed by atoms with Gasteiger partial charge in [0.05, 0.1) is 6.54 Å². The first-order valence-corrected chi connectivity index (χ1v) is 7.20. The van der Waals surface area contributed by atoms with Crippen molar-refractivity contribution >= 4 is 11.9 Å². The van der Waals surface area contributed by atoms with Crippen molar-refractivity contribution in [3.8, 4) is 0 Å². The number of nitrogens with one attached hydrogen (secondary N) is 3. The van der Waals surface area contributed by atoms with Crippen molar-refractivity contribution in [1.82, 2.24) is 16.0 Å². The zero-order valence-corrected chi connectivity index (χ0v) is 12.5. The van der Waals surface area contributed by atoms with Crippen molar-refractivity contribution in [3.05, 3.63) is 71.5 Å². The van der Waals surface area contributed by atoms with Crippen LogP contribution in [0, 0.1) is 5.82 Å². The average Bonchev–Trinajstić information content (AvgIpc) is 2.57. The number of rotatable bonds is 6. The predicted molar refractivity (Wildman–Crippen MR) is 84.9 cm³/mol. The molecule has 6 heteroatoms. The zero-order valence-electron chi connectivity index (χ0n) is 12.5. The van der Waals surface area contributed by atoms with E-state index < -0.39 is 6.03 Å². The largest absolute Gasteiger partial charge is 0.350 e. The Morgan fingerprint density at radius 3 is 2.26 bits per heavy atom. The van der Waals surface area contributed by atoms with Crippen LogP contribution in [0.3, 0.4) is 0 Å². The van der Waals surface area contributed by atoms with E-state index in [-0.39, 0.29) is 24.8 Å². The van der Waals surface area contributed by atoms with Crippen LogP contribution >= 0.6 is 0 Å². The lowest BCUT2D eigenvalue weighted by Crippen LogP contribution is -2.41. The molecule has 3 amide bonds. The normalized spacial score (nSPS) is 9.96. The standard InChI is InChI=1S/C17H18FN3O2/c18-15-8-4-7-14(9-15)11-19-16(22)12-21-17(23)20-10-13-5-2-1-3-6-13/h1-9H,10-12H2,(H,19,22)(H2,20,21,23). The number of urea groups is 1. The minimum absolute atomic E-state index is 0.143. The van der Waals surface area contributed by atoms with Gasteiger partial charge in [0.15, 0.2) is 0 Å². The van der Waals surface area contributed by atoms with Gasteiger partial charge in [-0.15, -0.1) is 0 Å². The highest BCUT2D eigenvalue weighted by atomic mass is 19.1. The maximum atomic E-state index is 13.0. The third kappa shape index (κ3) is 6.17. The molecule has 0 atom stereocenters. The molecule has 0 aliphatic carbocycles. The molecule has 120 valence electrons. The van der Waals surface area contributed by atoms with Gasteiger partial charge in [-0.1, -0.05) is 42.5 Å². The summed E-state index contributed by atoms with van der Waals surface area (Å²) >= 11 is 0. The summed E-state index contributed by atoms with van der Waals surface area (Å²) in [6.07, 6.45) is 0. The van der Waals surface area contributed by atoms with E-state index in [1.54, 1.807) is 12.1 Å². The van der Waals surface area contributed by atoms with Gasteiger partial charge in [0.1, 0.15) is 5.82 Å². The quantitative estimate of drug-likeness (QED) is 0.762. The van der Waals surface area contributed by atoms with Crippen LogP contribution in [0.2, 0.25) is 0 Å². The Bertz CT molecular complexity index is 662. The van der Waals surface area contributed by atoms with Crippen LogP contribution in [0.5, 0.6) is 0 Å². The highest BCUT2D eigenvalue weighted by Gasteiger charge is 2.05. The second-order valence-electron chi connectivity index (χ2n) is 4.93. The monoisotopic (exact) mass is 315 g/mol. The van der Waals surface area contributed by atoms with Crippen molar-refractivity contribution < 1.29 is 14.0 Å². The summed E-state index contributed by atoms with van der Waals surface area (Å²) in [5, 5.41) is 7.73. The van der Waals surface area contributed by atoms with Gasteiger partial charge in [0, 0.05) is 13.1 Å². The molecule has 5 nitrogen and oxygen atoms in total. The van der Waals surface area contributed by atoms with E-state index in [9.17, 15) is 14.0 Å². The summed E-state index contributed by atoms with van der Waals surface area (Å²) in [7, 11) is 0. The number of halogens is 1. The lowest BCUT2D eigenvalue weighted by molar-refractivity contribution is -0.120. The molecule has 0 heterocycles. The fraction of sp³-hybridized carbons (Fsp3) is 0.176. The van der Waals surface area contributed by atoms with Gasteiger partial charge in [-0.25, -0.2) is 9.18 Å². The molecule has 0 unspecified atom stereocenters. The van der Waals surface area contributed by atoms with Crippen molar-refractivity contribution in [2.24, 2.45) is 0 Å². The Balaban J connectivity index is 1.64. The number of hydrogen-bond donors (Lipinski definition) is 3. The summed E-state index contributed by atoms with van der Waals surface area (Å²) in [5.74, 6) is -0.695. The topological polar surface area (TPSA) is 70.2 Å². The molecule has 0 fully saturated rings. The first-order valence-electron chi connectivity index (χ1n) is 7.20. The molecule has 2 aromatic carbocycles. The van der Waals surface area contributed by atoms with Crippen molar-refractivity contribution in [1.29, 1.82) is 0 Å². The molecule has 0 aliphatic rings. The lowest BCUT2D eigenvalue weighted by atomic mass is 10.2. The maximum absolute atomic E-state index is 13.0. The SMILES string of the molecule is O=C(CNC(=O)NCc1ccccc1)NCc1cccc(F)c1. The number of carbonyl (C=O) groups excluding carboxylic acids is 2. The Labute approximate surface area is 133 Å². The van der Waals surface area contributed by atoms with Crippen LogP contribution in [0.4, 0.5) is 9.18 Å². The summed E-state index contributed by atoms with van der Waals surface area (Å²) in [6.45, 7) is 0.456. The second kappa shape index (κ2) is 8.53. The molecular weight excluding hydrogens is 297 g/mol. The number of carbonyl (C=O) groups is 2. The molecule has 0 spiro atoms. The Kier molecular flexibility index (Phi) is 6.11. The first kappa shape index (κ1) is 16.5. The van der Waals surface area contributed by atoms with Crippen LogP contribution in [-0.4, -0.2) is 18.5 Å². The number of amides is 3. The molecule has 0 radical (unpaired) electrons. The maximum Gasteiger partial charge on any atom is 0.315 e. The molecule has 0 aromatic heterocycles. The van der Waals surface area contributed by atoms with Gasteiger partial charge < -0.3 is 16.0 Å². The van der Waals surface area contributed by atoms with Crippen molar-refractivity contribution in [2.45, 2.75) is 13.1 Å². The molecule has 3 N–H and O–H groups in total. The van der Waals surface area contributed by atoms with E-state index in [1.165, 1.54) is 12.1 Å². The number of benzene rings is 2. The Morgan fingerprint density at radius 2 is 1.52 bits per heavy atom. The summed E-state index contributed by atoms with van der Waals surface area (Å²) in [6, 6.07) is 15.0. The molecule has 2 rings (SSSR count). The molecule has 0 saturated heterocycles. The van der Waals surface area contributed by atoms with E-state index in [1.807, 2.05) is 30.3 Å². The smallest absolute Gasteiger partial charge is 0.315 e. The van der Waals surface area contributed by atoms with Gasteiger partial charge in [0.2, 0.25) is 5.91 Å². The lowest BCUT2D eigenvalue weighted by Gasteiger charge is -2.08. The Hall–Kier alpha value is -2.89. The summed E-state index contributed by atoms with van der Waals surface area (Å²) in [4.78, 5) is 23.2. The first-order chi connectivity index (χ1) is 11.1. The minimum atomic E-state index is -0.422. The van der Waals surface area contributed by atoms with Gasteiger partial charge in [-0.05, 0) is 23.3 Å². The molecular formula is C17H18FN3O2. The fourth-order valence-electron chi connectivity index (χ4n) is 1.91. The van der Waals surface area contributed by atoms with E-state index in [0.717, 1.165) is 5.56 Å². The summed E-state index contributed by atoms with van der Waals surface area (Å²) < 4.78 is 13.0. The molecule has 23 heavy (non-hydrogen) atoms. The van der Waals surface area contributed by atoms with Crippen LogP contribution < -0.4 is 16.0 Å². The van der Waals surface area contributed by atoms with Gasteiger partial charge >= 0.3 is 6.03 Å². The summed E-state index contributed by atoms with van der Waals surface area (Å²) in [5.41, 5.74) is 1.63. The van der Waals surface area contributed by atoms with Crippen molar-refractivity contribution in [3.63, 3.8) is 0 Å². The molecule has 0 bridgehead atoms. The van der Waals surface area contributed by atoms with Crippen LogP contribution in [-0.2, 0) is 17.9 Å². The molecule has 2 aromatic rings. The highest BCUT2D eigenvalue weighted by molar-refractivity contribution is 5.83. The highest BCUT2D eigenvalue weighted by Crippen LogP contribution is 2.02. The average molecular weight is 315 g/mol. The van der Waals surface area contributed by atoms with E-state index in [4.69, 9.17) is 0 Å². The van der Waals surface area contributed by atoms with E-state index in [0.29, 0.717) is 12.1 Å². The molecule has 0 saturated carbocycles. The van der Waals surface area contributed by atoms with Crippen LogP contribution in [0.1, 0.15) is 11.1 Å². The molecule has 0 aliphatic heterocycles. The van der Waals surface area contributed by atoms with Crippen LogP contribution in [0.15, 0.2) is 54.6 Å². The Morgan fingerprint density at radius 1 is 0.826 bits per heavy atom. The fourth-order valence-corrected chi connectivity index (χ4v) is 1.91. The van der Waals surface area contributed by atoms with Crippen molar-refractivity contribution in [2.75, 3.05) is 6.54 Å². The van der Waals surface area contributed by atoms with Crippen LogP contribution in [0.25, 0.3) is 0 Å². The zero-order chi connectivity index (χ0) is 16.5. The van der Waals surface area contributed by atoms with Gasteiger partial charge in [0.25, 0.3) is 0 Å². The van der Waals surface area contributed by atoms with Gasteiger partial charge in [-0.3, -0.25) is 4.79 Å². The second-order valence-corrected chi connectivity index (χ2v) is 4.93. The number of hydrogen-bond acceptors (Lipinski definition) is 2. The third-order valence-electron chi connectivity index (χ3n) is 3.08.